The van der Waals surface area contributed by atoms with Crippen LogP contribution in [0.2, 0.25) is 0 Å². The van der Waals surface area contributed by atoms with E-state index in [0.29, 0.717) is 6.04 Å². The molecule has 4 rings (SSSR count). The fourth-order valence-corrected chi connectivity index (χ4v) is 5.11. The summed E-state index contributed by atoms with van der Waals surface area (Å²) in [5.74, 6) is 1.17. The number of piperidine rings is 1. The van der Waals surface area contributed by atoms with Crippen LogP contribution in [0.4, 0.5) is 5.13 Å². The SMILES string of the molecule is COc1ccc2nc(N3CCCC(C(=O)NC4CCCCC4)C3)sc2c1. The lowest BCUT2D eigenvalue weighted by molar-refractivity contribution is -0.126. The molecule has 5 nitrogen and oxygen atoms in total. The minimum absolute atomic E-state index is 0.0761. The van der Waals surface area contributed by atoms with Gasteiger partial charge >= 0.3 is 0 Å². The lowest BCUT2D eigenvalue weighted by atomic mass is 9.93. The highest BCUT2D eigenvalue weighted by atomic mass is 32.1. The number of hydrogen-bond donors (Lipinski definition) is 1. The number of nitrogens with one attached hydrogen (secondary N) is 1. The second-order valence-corrected chi connectivity index (χ2v) is 8.47. The molecule has 0 radical (unpaired) electrons. The van der Waals surface area contributed by atoms with Crippen molar-refractivity contribution in [2.24, 2.45) is 5.92 Å². The molecule has 1 saturated heterocycles. The van der Waals surface area contributed by atoms with E-state index < -0.39 is 0 Å². The van der Waals surface area contributed by atoms with Crippen LogP contribution in [-0.4, -0.2) is 37.1 Å². The van der Waals surface area contributed by atoms with Gasteiger partial charge in [-0.05, 0) is 43.9 Å². The number of carbonyl (C=O) groups excluding carboxylic acids is 1. The van der Waals surface area contributed by atoms with Crippen LogP contribution < -0.4 is 15.0 Å². The lowest BCUT2D eigenvalue weighted by Crippen LogP contribution is -2.46. The molecule has 6 heteroatoms. The Hall–Kier alpha value is -1.82. The van der Waals surface area contributed by atoms with Gasteiger partial charge in [-0.25, -0.2) is 4.98 Å². The average Bonchev–Trinajstić information content (AvgIpc) is 3.12. The van der Waals surface area contributed by atoms with Crippen molar-refractivity contribution >= 4 is 32.6 Å². The number of fused-ring (bicyclic) bond motifs is 1. The van der Waals surface area contributed by atoms with Crippen LogP contribution in [0.25, 0.3) is 10.2 Å². The number of nitrogens with zero attached hydrogens (tertiary/aromatic N) is 2. The number of carbonyl (C=O) groups is 1. The van der Waals surface area contributed by atoms with Crippen molar-refractivity contribution in [2.45, 2.75) is 51.0 Å². The predicted molar refractivity (Wildman–Crippen MR) is 106 cm³/mol. The predicted octanol–water partition coefficient (Wildman–Crippen LogP) is 3.97. The summed E-state index contributed by atoms with van der Waals surface area (Å²) in [6, 6.07) is 6.38. The van der Waals surface area contributed by atoms with Crippen molar-refractivity contribution in [1.82, 2.24) is 10.3 Å². The van der Waals surface area contributed by atoms with Crippen LogP contribution in [-0.2, 0) is 4.79 Å². The second kappa shape index (κ2) is 7.82. The number of ether oxygens (including phenoxy) is 1. The van der Waals surface area contributed by atoms with Crippen LogP contribution in [0.5, 0.6) is 5.75 Å². The third-order valence-electron chi connectivity index (χ3n) is 5.60. The Labute approximate surface area is 158 Å². The topological polar surface area (TPSA) is 54.5 Å². The van der Waals surface area contributed by atoms with E-state index in [2.05, 4.69) is 10.2 Å². The van der Waals surface area contributed by atoms with E-state index in [1.165, 1.54) is 19.3 Å². The molecule has 0 spiro atoms. The molecule has 140 valence electrons. The third kappa shape index (κ3) is 3.80. The first-order valence-electron chi connectivity index (χ1n) is 9.73. The standard InChI is InChI=1S/C20H27N3O2S/c1-25-16-9-10-17-18(12-16)26-20(22-17)23-11-5-6-14(13-23)19(24)21-15-7-3-2-4-8-15/h9-10,12,14-15H,2-8,11,13H2,1H3,(H,21,24). The molecule has 2 aromatic rings. The number of hydrogen-bond acceptors (Lipinski definition) is 5. The van der Waals surface area contributed by atoms with Gasteiger partial charge in [0.05, 0.1) is 23.2 Å². The highest BCUT2D eigenvalue weighted by molar-refractivity contribution is 7.22. The van der Waals surface area contributed by atoms with Gasteiger partial charge in [0, 0.05) is 19.1 Å². The van der Waals surface area contributed by atoms with Gasteiger partial charge in [-0.2, -0.15) is 0 Å². The largest absolute Gasteiger partial charge is 0.497 e. The molecule has 0 bridgehead atoms. The molecule has 1 aliphatic heterocycles. The summed E-state index contributed by atoms with van der Waals surface area (Å²) in [7, 11) is 1.68. The molecule has 1 aliphatic carbocycles. The molecule has 2 aliphatic rings. The molecular weight excluding hydrogens is 346 g/mol. The van der Waals surface area contributed by atoms with Crippen molar-refractivity contribution in [3.8, 4) is 5.75 Å². The fraction of sp³-hybridized carbons (Fsp3) is 0.600. The quantitative estimate of drug-likeness (QED) is 0.881. The minimum atomic E-state index is 0.0761. The summed E-state index contributed by atoms with van der Waals surface area (Å²) in [5.41, 5.74) is 1.000. The van der Waals surface area contributed by atoms with E-state index in [0.717, 1.165) is 59.9 Å². The number of thiazole rings is 1. The average molecular weight is 374 g/mol. The van der Waals surface area contributed by atoms with Crippen molar-refractivity contribution in [1.29, 1.82) is 0 Å². The Morgan fingerprint density at radius 2 is 2.08 bits per heavy atom. The van der Waals surface area contributed by atoms with Crippen molar-refractivity contribution in [3.05, 3.63) is 18.2 Å². The fourth-order valence-electron chi connectivity index (χ4n) is 4.09. The van der Waals surface area contributed by atoms with Gasteiger partial charge in [-0.15, -0.1) is 0 Å². The van der Waals surface area contributed by atoms with Gasteiger partial charge in [0.25, 0.3) is 0 Å². The Bertz CT molecular complexity index is 770. The first kappa shape index (κ1) is 17.6. The van der Waals surface area contributed by atoms with E-state index in [1.54, 1.807) is 18.4 Å². The Morgan fingerprint density at radius 1 is 1.23 bits per heavy atom. The second-order valence-electron chi connectivity index (χ2n) is 7.46. The van der Waals surface area contributed by atoms with Crippen molar-refractivity contribution < 1.29 is 9.53 Å². The Morgan fingerprint density at radius 3 is 2.88 bits per heavy atom. The van der Waals surface area contributed by atoms with Crippen LogP contribution in [0.1, 0.15) is 44.9 Å². The molecular formula is C20H27N3O2S. The van der Waals surface area contributed by atoms with Crippen molar-refractivity contribution in [3.63, 3.8) is 0 Å². The normalized spacial score (nSPS) is 21.7. The molecule has 1 amide bonds. The zero-order valence-electron chi connectivity index (χ0n) is 15.4. The number of rotatable bonds is 4. The first-order chi connectivity index (χ1) is 12.7. The van der Waals surface area contributed by atoms with Crippen LogP contribution in [0.3, 0.4) is 0 Å². The van der Waals surface area contributed by atoms with E-state index in [-0.39, 0.29) is 11.8 Å². The molecule has 2 fully saturated rings. The number of methoxy groups -OCH3 is 1. The van der Waals surface area contributed by atoms with E-state index >= 15 is 0 Å². The highest BCUT2D eigenvalue weighted by Crippen LogP contribution is 2.33. The summed E-state index contributed by atoms with van der Waals surface area (Å²) < 4.78 is 6.44. The van der Waals surface area contributed by atoms with Gasteiger partial charge in [0.1, 0.15) is 5.75 Å². The van der Waals surface area contributed by atoms with Gasteiger partial charge in [0.15, 0.2) is 5.13 Å². The maximum absolute atomic E-state index is 12.7. The van der Waals surface area contributed by atoms with Gasteiger partial charge < -0.3 is 15.0 Å². The van der Waals surface area contributed by atoms with Crippen LogP contribution in [0.15, 0.2) is 18.2 Å². The Kier molecular flexibility index (Phi) is 5.29. The Balaban J connectivity index is 1.43. The van der Waals surface area contributed by atoms with Crippen LogP contribution in [0, 0.1) is 5.92 Å². The number of anilines is 1. The van der Waals surface area contributed by atoms with Gasteiger partial charge in [-0.3, -0.25) is 4.79 Å². The summed E-state index contributed by atoms with van der Waals surface area (Å²) in [5, 5.41) is 4.32. The molecule has 1 unspecified atom stereocenters. The molecule has 26 heavy (non-hydrogen) atoms. The molecule has 2 heterocycles. The lowest BCUT2D eigenvalue weighted by Gasteiger charge is -2.33. The van der Waals surface area contributed by atoms with E-state index in [4.69, 9.17) is 9.72 Å². The first-order valence-corrected chi connectivity index (χ1v) is 10.5. The maximum Gasteiger partial charge on any atom is 0.225 e. The van der Waals surface area contributed by atoms with E-state index in [1.807, 2.05) is 18.2 Å². The van der Waals surface area contributed by atoms with Crippen molar-refractivity contribution in [2.75, 3.05) is 25.1 Å². The van der Waals surface area contributed by atoms with Crippen LogP contribution >= 0.6 is 11.3 Å². The van der Waals surface area contributed by atoms with Gasteiger partial charge in [-0.1, -0.05) is 30.6 Å². The maximum atomic E-state index is 12.7. The smallest absolute Gasteiger partial charge is 0.225 e. The molecule has 1 N–H and O–H groups in total. The summed E-state index contributed by atoms with van der Waals surface area (Å²) >= 11 is 1.69. The number of amides is 1. The molecule has 1 aromatic carbocycles. The zero-order valence-corrected chi connectivity index (χ0v) is 16.2. The minimum Gasteiger partial charge on any atom is -0.497 e. The number of benzene rings is 1. The highest BCUT2D eigenvalue weighted by Gasteiger charge is 2.29. The molecule has 1 aromatic heterocycles. The summed E-state index contributed by atoms with van der Waals surface area (Å²) in [6.07, 6.45) is 8.11. The molecule has 1 atom stereocenters. The third-order valence-corrected chi connectivity index (χ3v) is 6.68. The van der Waals surface area contributed by atoms with Gasteiger partial charge in [0.2, 0.25) is 5.91 Å². The summed E-state index contributed by atoms with van der Waals surface area (Å²) in [6.45, 7) is 1.75. The summed E-state index contributed by atoms with van der Waals surface area (Å²) in [4.78, 5) is 19.8. The number of aromatic nitrogens is 1. The monoisotopic (exact) mass is 373 g/mol. The molecule has 1 saturated carbocycles. The van der Waals surface area contributed by atoms with E-state index in [9.17, 15) is 4.79 Å². The zero-order chi connectivity index (χ0) is 17.9.